The summed E-state index contributed by atoms with van der Waals surface area (Å²) in [6.45, 7) is 3.06. The first-order valence-electron chi connectivity index (χ1n) is 12.9. The molecule has 6 rings (SSSR count). The zero-order valence-corrected chi connectivity index (χ0v) is 20.8. The van der Waals surface area contributed by atoms with Crippen LogP contribution in [0.15, 0.2) is 40.9 Å². The van der Waals surface area contributed by atoms with E-state index < -0.39 is 11.8 Å². The van der Waals surface area contributed by atoms with Gasteiger partial charge in [0.2, 0.25) is 12.5 Å². The zero-order chi connectivity index (χ0) is 24.9. The molecule has 192 valence electrons. The molecule has 2 atom stereocenters. The maximum absolute atomic E-state index is 13.5. The summed E-state index contributed by atoms with van der Waals surface area (Å²) in [6.07, 6.45) is 8.60. The van der Waals surface area contributed by atoms with E-state index in [0.717, 1.165) is 31.4 Å². The Morgan fingerprint density at radius 1 is 1.08 bits per heavy atom. The summed E-state index contributed by atoms with van der Waals surface area (Å²) in [7, 11) is 1.55. The zero-order valence-electron chi connectivity index (χ0n) is 20.8. The second-order valence-corrected chi connectivity index (χ2v) is 10.2. The van der Waals surface area contributed by atoms with Gasteiger partial charge in [-0.2, -0.15) is 0 Å². The van der Waals surface area contributed by atoms with E-state index in [0.29, 0.717) is 77.3 Å². The molecule has 1 N–H and O–H groups in total. The Morgan fingerprint density at radius 3 is 2.69 bits per heavy atom. The van der Waals surface area contributed by atoms with E-state index in [-0.39, 0.29) is 12.7 Å². The van der Waals surface area contributed by atoms with Gasteiger partial charge in [0.1, 0.15) is 19.0 Å². The molecule has 1 saturated carbocycles. The number of aliphatic hydroxyl groups is 1. The third-order valence-electron chi connectivity index (χ3n) is 7.91. The van der Waals surface area contributed by atoms with E-state index in [9.17, 15) is 9.90 Å². The van der Waals surface area contributed by atoms with Gasteiger partial charge in [-0.15, -0.1) is 0 Å². The highest BCUT2D eigenvalue weighted by molar-refractivity contribution is 6.20. The monoisotopic (exact) mass is 496 g/mol. The number of ether oxygens (including phenoxy) is 6. The van der Waals surface area contributed by atoms with Crippen LogP contribution in [0.4, 0.5) is 0 Å². The number of rotatable bonds is 5. The van der Waals surface area contributed by atoms with Gasteiger partial charge in [-0.3, -0.25) is 0 Å². The molecular weight excluding hydrogens is 464 g/mol. The highest BCUT2D eigenvalue weighted by Gasteiger charge is 2.52. The highest BCUT2D eigenvalue weighted by atomic mass is 16.7. The molecule has 0 amide bonds. The fourth-order valence-electron chi connectivity index (χ4n) is 6.11. The smallest absolute Gasteiger partial charge is 0.341 e. The molecule has 1 fully saturated rings. The van der Waals surface area contributed by atoms with E-state index in [1.165, 1.54) is 6.42 Å². The molecular formula is C28H32O8. The lowest BCUT2D eigenvalue weighted by Crippen LogP contribution is -2.39. The van der Waals surface area contributed by atoms with Crippen LogP contribution in [0.1, 0.15) is 57.4 Å². The summed E-state index contributed by atoms with van der Waals surface area (Å²) in [5.74, 6) is 0.724. The van der Waals surface area contributed by atoms with Crippen molar-refractivity contribution in [1.29, 1.82) is 0 Å². The van der Waals surface area contributed by atoms with Gasteiger partial charge in [-0.1, -0.05) is 39.0 Å². The van der Waals surface area contributed by atoms with Crippen LogP contribution in [0.25, 0.3) is 5.57 Å². The van der Waals surface area contributed by atoms with Crippen molar-refractivity contribution in [3.05, 3.63) is 46.4 Å². The van der Waals surface area contributed by atoms with E-state index in [2.05, 4.69) is 0 Å². The molecule has 0 spiro atoms. The fourth-order valence-corrected chi connectivity index (χ4v) is 6.11. The van der Waals surface area contributed by atoms with Gasteiger partial charge >= 0.3 is 5.97 Å². The first kappa shape index (κ1) is 23.3. The van der Waals surface area contributed by atoms with E-state index in [1.54, 1.807) is 25.3 Å². The minimum Gasteiger partial charge on any atom is -0.493 e. The molecule has 0 saturated heterocycles. The van der Waals surface area contributed by atoms with Crippen molar-refractivity contribution in [3.8, 4) is 17.2 Å². The molecule has 0 radical (unpaired) electrons. The molecule has 5 aliphatic rings. The largest absolute Gasteiger partial charge is 0.493 e. The van der Waals surface area contributed by atoms with Crippen molar-refractivity contribution >= 4 is 11.5 Å². The second kappa shape index (κ2) is 9.07. The predicted octanol–water partition coefficient (Wildman–Crippen LogP) is 4.62. The molecule has 3 aliphatic heterocycles. The summed E-state index contributed by atoms with van der Waals surface area (Å²) < 4.78 is 34.2. The minimum atomic E-state index is -1.85. The molecule has 8 nitrogen and oxygen atoms in total. The van der Waals surface area contributed by atoms with Crippen molar-refractivity contribution in [2.75, 3.05) is 27.1 Å². The van der Waals surface area contributed by atoms with Crippen LogP contribution in [0.2, 0.25) is 0 Å². The van der Waals surface area contributed by atoms with Gasteiger partial charge in [0.05, 0.1) is 12.7 Å². The maximum Gasteiger partial charge on any atom is 0.341 e. The Hall–Kier alpha value is -3.13. The van der Waals surface area contributed by atoms with Crippen LogP contribution in [0.5, 0.6) is 17.2 Å². The van der Waals surface area contributed by atoms with Crippen LogP contribution >= 0.6 is 0 Å². The third-order valence-corrected chi connectivity index (χ3v) is 7.91. The Labute approximate surface area is 210 Å². The fraction of sp³-hybridized carbons (Fsp3) is 0.536. The Balaban J connectivity index is 1.49. The lowest BCUT2D eigenvalue weighted by Gasteiger charge is -2.36. The number of hydrogen-bond acceptors (Lipinski definition) is 8. The van der Waals surface area contributed by atoms with Crippen LogP contribution in [-0.4, -0.2) is 44.0 Å². The van der Waals surface area contributed by atoms with Gasteiger partial charge in [0.15, 0.2) is 17.3 Å². The lowest BCUT2D eigenvalue weighted by molar-refractivity contribution is -0.171. The first-order chi connectivity index (χ1) is 17.5. The standard InChI is InChI=1S/C28H32O8/c1-16-10-21-22(33-9-8-32-21)14-19(16)28(30)20(11-17-6-4-3-5-7-17)25(27(29)36-28)18-12-23(31-2)26-24(13-18)34-15-35-26/h12-14,16-17,30H,3-11,15H2,1-2H3. The number of carbonyl (C=O) groups excluding carboxylic acids is 1. The third kappa shape index (κ3) is 3.82. The van der Waals surface area contributed by atoms with Crippen LogP contribution in [-0.2, 0) is 19.0 Å². The van der Waals surface area contributed by atoms with Gasteiger partial charge in [0, 0.05) is 17.6 Å². The second-order valence-electron chi connectivity index (χ2n) is 10.2. The highest BCUT2D eigenvalue weighted by Crippen LogP contribution is 2.51. The summed E-state index contributed by atoms with van der Waals surface area (Å²) in [5.41, 5.74) is 2.17. The van der Waals surface area contributed by atoms with Gasteiger partial charge in [-0.25, -0.2) is 4.79 Å². The van der Waals surface area contributed by atoms with Crippen LogP contribution in [0.3, 0.4) is 0 Å². The number of esters is 1. The van der Waals surface area contributed by atoms with E-state index in [1.807, 2.05) is 6.92 Å². The number of fused-ring (bicyclic) bond motifs is 1. The van der Waals surface area contributed by atoms with Gasteiger partial charge < -0.3 is 33.5 Å². The SMILES string of the molecule is COc1cc(C2=C(CC3CCCCC3)C(O)(C3=CC4=C(CC3C)OCCO4)OC2=O)cc2c1OCO2. The summed E-state index contributed by atoms with van der Waals surface area (Å²) >= 11 is 0. The molecule has 36 heavy (non-hydrogen) atoms. The average Bonchev–Trinajstić information content (AvgIpc) is 3.46. The van der Waals surface area contributed by atoms with E-state index >= 15 is 0 Å². The van der Waals surface area contributed by atoms with Crippen molar-refractivity contribution in [1.82, 2.24) is 0 Å². The number of benzene rings is 1. The average molecular weight is 497 g/mol. The quantitative estimate of drug-likeness (QED) is 0.591. The van der Waals surface area contributed by atoms with Crippen molar-refractivity contribution in [2.24, 2.45) is 11.8 Å². The number of hydrogen-bond donors (Lipinski definition) is 1. The molecule has 0 bridgehead atoms. The Bertz CT molecular complexity index is 1170. The van der Waals surface area contributed by atoms with Crippen molar-refractivity contribution in [3.63, 3.8) is 0 Å². The van der Waals surface area contributed by atoms with Crippen LogP contribution in [0, 0.1) is 11.8 Å². The summed E-state index contributed by atoms with van der Waals surface area (Å²) in [6, 6.07) is 3.53. The predicted molar refractivity (Wildman–Crippen MR) is 129 cm³/mol. The molecule has 2 aliphatic carbocycles. The van der Waals surface area contributed by atoms with Gasteiger partial charge in [0.25, 0.3) is 5.79 Å². The number of allylic oxidation sites excluding steroid dienone is 2. The molecule has 8 heteroatoms. The molecule has 1 aromatic carbocycles. The number of cyclic esters (lactones) is 1. The number of carbonyl (C=O) groups is 1. The Morgan fingerprint density at radius 2 is 1.89 bits per heavy atom. The topological polar surface area (TPSA) is 92.7 Å². The summed E-state index contributed by atoms with van der Waals surface area (Å²) in [4.78, 5) is 13.5. The summed E-state index contributed by atoms with van der Waals surface area (Å²) in [5, 5.41) is 12.2. The number of methoxy groups -OCH3 is 1. The molecule has 0 aromatic heterocycles. The molecule has 1 aromatic rings. The van der Waals surface area contributed by atoms with Crippen molar-refractivity contribution in [2.45, 2.75) is 57.7 Å². The first-order valence-corrected chi connectivity index (χ1v) is 12.9. The molecule has 3 heterocycles. The van der Waals surface area contributed by atoms with Gasteiger partial charge in [-0.05, 0) is 42.0 Å². The lowest BCUT2D eigenvalue weighted by atomic mass is 9.76. The maximum atomic E-state index is 13.5. The Kier molecular flexibility index (Phi) is 5.86. The molecule has 2 unspecified atom stereocenters. The van der Waals surface area contributed by atoms with Crippen molar-refractivity contribution < 1.29 is 38.3 Å². The normalized spacial score (nSPS) is 27.8. The van der Waals surface area contributed by atoms with Crippen LogP contribution < -0.4 is 14.2 Å². The minimum absolute atomic E-state index is 0.0847. The van der Waals surface area contributed by atoms with E-state index in [4.69, 9.17) is 28.4 Å².